The lowest BCUT2D eigenvalue weighted by Crippen LogP contribution is -2.62. The highest BCUT2D eigenvalue weighted by Crippen LogP contribution is 2.54. The van der Waals surface area contributed by atoms with E-state index in [-0.39, 0.29) is 23.9 Å². The van der Waals surface area contributed by atoms with Crippen LogP contribution in [0, 0.1) is 0 Å². The lowest BCUT2D eigenvalue weighted by atomic mass is 9.65. The van der Waals surface area contributed by atoms with E-state index in [1.54, 1.807) is 0 Å². The van der Waals surface area contributed by atoms with Crippen LogP contribution in [0.3, 0.4) is 0 Å². The molecule has 0 spiro atoms. The van der Waals surface area contributed by atoms with E-state index in [1.807, 2.05) is 0 Å². The minimum atomic E-state index is 0.225. The molecule has 0 fully saturated rings. The second-order valence-electron chi connectivity index (χ2n) is 8.46. The fourth-order valence-corrected chi connectivity index (χ4v) is 6.86. The van der Waals surface area contributed by atoms with Crippen molar-refractivity contribution in [3.63, 3.8) is 0 Å². The number of halogens is 2. The van der Waals surface area contributed by atoms with E-state index in [4.69, 9.17) is 0 Å². The number of benzene rings is 2. The standard InChI is InChI=1S/C26H18Br2N2/c27-15-7-9-17-19(13-15)23-21-5-1-3-11-29(21)26(17)24-20-14-16(28)8-10-18(20)25(23)30-12-4-2-6-22(24)30/h1-14,23-26H/q+2. The molecule has 30 heavy (non-hydrogen) atoms. The van der Waals surface area contributed by atoms with Crippen molar-refractivity contribution in [1.29, 1.82) is 0 Å². The van der Waals surface area contributed by atoms with Gasteiger partial charge in [-0.05, 0) is 35.4 Å². The van der Waals surface area contributed by atoms with Crippen LogP contribution >= 0.6 is 31.9 Å². The van der Waals surface area contributed by atoms with Crippen molar-refractivity contribution in [3.05, 3.63) is 128 Å². The van der Waals surface area contributed by atoms with E-state index < -0.39 is 0 Å². The van der Waals surface area contributed by atoms with Gasteiger partial charge in [-0.1, -0.05) is 56.1 Å². The molecule has 0 saturated carbocycles. The molecule has 0 radical (unpaired) electrons. The quantitative estimate of drug-likeness (QED) is 0.269. The van der Waals surface area contributed by atoms with Gasteiger partial charge in [-0.25, -0.2) is 0 Å². The highest BCUT2D eigenvalue weighted by Gasteiger charge is 2.58. The smallest absolute Gasteiger partial charge is 0.193 e. The second kappa shape index (κ2) is 6.12. The first-order valence-electron chi connectivity index (χ1n) is 10.3. The van der Waals surface area contributed by atoms with Crippen molar-refractivity contribution in [3.8, 4) is 0 Å². The van der Waals surface area contributed by atoms with Crippen LogP contribution in [0.25, 0.3) is 0 Å². The first kappa shape index (κ1) is 17.4. The Kier molecular flexibility index (Phi) is 3.54. The lowest BCUT2D eigenvalue weighted by Gasteiger charge is -2.42. The van der Waals surface area contributed by atoms with Crippen LogP contribution in [0.4, 0.5) is 0 Å². The molecule has 4 heteroatoms. The molecule has 4 bridgehead atoms. The fraction of sp³-hybridized carbons (Fsp3) is 0.154. The Labute approximate surface area is 192 Å². The number of hydrogen-bond donors (Lipinski definition) is 0. The fourth-order valence-electron chi connectivity index (χ4n) is 6.10. The van der Waals surface area contributed by atoms with Crippen LogP contribution < -0.4 is 9.13 Å². The summed E-state index contributed by atoms with van der Waals surface area (Å²) < 4.78 is 7.39. The van der Waals surface area contributed by atoms with Gasteiger partial charge in [0.1, 0.15) is 11.8 Å². The first-order valence-corrected chi connectivity index (χ1v) is 11.9. The Morgan fingerprint density at radius 2 is 1.00 bits per heavy atom. The van der Waals surface area contributed by atoms with Gasteiger partial charge in [-0.15, -0.1) is 0 Å². The van der Waals surface area contributed by atoms with Crippen molar-refractivity contribution in [2.75, 3.05) is 0 Å². The molecule has 0 saturated heterocycles. The largest absolute Gasteiger partial charge is 0.200 e. The average Bonchev–Trinajstić information content (AvgIpc) is 2.75. The van der Waals surface area contributed by atoms with Crippen molar-refractivity contribution >= 4 is 31.9 Å². The third-order valence-corrected chi connectivity index (χ3v) is 8.11. The molecule has 10 rings (SSSR count). The number of rotatable bonds is 0. The number of hydrogen-bond acceptors (Lipinski definition) is 0. The van der Waals surface area contributed by atoms with Crippen LogP contribution in [0.2, 0.25) is 0 Å². The number of pyridine rings is 2. The maximum Gasteiger partial charge on any atom is 0.200 e. The van der Waals surface area contributed by atoms with Gasteiger partial charge < -0.3 is 0 Å². The molecule has 4 aromatic rings. The summed E-state index contributed by atoms with van der Waals surface area (Å²) in [5, 5.41) is 0. The molecule has 1 aliphatic carbocycles. The molecule has 4 unspecified atom stereocenters. The highest BCUT2D eigenvalue weighted by molar-refractivity contribution is 9.10. The van der Waals surface area contributed by atoms with Crippen LogP contribution in [0.15, 0.2) is 94.1 Å². The zero-order valence-electron chi connectivity index (χ0n) is 16.0. The molecule has 5 aliphatic heterocycles. The Morgan fingerprint density at radius 3 is 1.47 bits per heavy atom. The van der Waals surface area contributed by atoms with Crippen LogP contribution in [0.5, 0.6) is 0 Å². The third kappa shape index (κ3) is 2.13. The van der Waals surface area contributed by atoms with E-state index in [0.29, 0.717) is 0 Å². The molecule has 7 heterocycles. The van der Waals surface area contributed by atoms with Gasteiger partial charge >= 0.3 is 0 Å². The summed E-state index contributed by atoms with van der Waals surface area (Å²) in [7, 11) is 0. The Bertz CT molecular complexity index is 1260. The maximum absolute atomic E-state index is 3.75. The summed E-state index contributed by atoms with van der Waals surface area (Å²) in [6.07, 6.45) is 4.56. The van der Waals surface area contributed by atoms with Crippen molar-refractivity contribution in [2.24, 2.45) is 0 Å². The van der Waals surface area contributed by atoms with Gasteiger partial charge in [0.15, 0.2) is 23.8 Å². The molecule has 2 aromatic carbocycles. The van der Waals surface area contributed by atoms with Crippen LogP contribution in [0.1, 0.15) is 57.6 Å². The van der Waals surface area contributed by atoms with Crippen LogP contribution in [-0.4, -0.2) is 0 Å². The maximum atomic E-state index is 3.75. The second-order valence-corrected chi connectivity index (χ2v) is 10.3. The van der Waals surface area contributed by atoms with E-state index in [2.05, 4.69) is 126 Å². The van der Waals surface area contributed by atoms with E-state index in [1.165, 1.54) is 33.6 Å². The van der Waals surface area contributed by atoms with Gasteiger partial charge in [0.2, 0.25) is 12.1 Å². The number of aromatic nitrogens is 2. The summed E-state index contributed by atoms with van der Waals surface area (Å²) in [5.41, 5.74) is 8.60. The van der Waals surface area contributed by atoms with E-state index in [9.17, 15) is 0 Å². The zero-order chi connectivity index (χ0) is 20.0. The SMILES string of the molecule is Brc1ccc2c(c1)C1c3cccc[n+]3C2C2c3cc(Br)ccc3C1[n+]1ccccc12. The Balaban J connectivity index is 1.68. The number of nitrogens with zero attached hydrogens (tertiary/aromatic N) is 2. The monoisotopic (exact) mass is 516 g/mol. The van der Waals surface area contributed by atoms with E-state index in [0.717, 1.165) is 8.95 Å². The molecule has 4 atom stereocenters. The third-order valence-electron chi connectivity index (χ3n) is 7.12. The summed E-state index contributed by atoms with van der Waals surface area (Å²) >= 11 is 7.51. The van der Waals surface area contributed by atoms with E-state index >= 15 is 0 Å². The van der Waals surface area contributed by atoms with Gasteiger partial charge in [0.05, 0.1) is 0 Å². The van der Waals surface area contributed by atoms with Crippen molar-refractivity contribution < 1.29 is 9.13 Å². The van der Waals surface area contributed by atoms with Crippen LogP contribution in [-0.2, 0) is 0 Å². The molecular weight excluding hydrogens is 500 g/mol. The summed E-state index contributed by atoms with van der Waals surface area (Å²) in [5.74, 6) is 0.504. The predicted molar refractivity (Wildman–Crippen MR) is 122 cm³/mol. The topological polar surface area (TPSA) is 7.76 Å². The summed E-state index contributed by atoms with van der Waals surface area (Å²) in [6, 6.07) is 27.6. The highest BCUT2D eigenvalue weighted by atomic mass is 79.9. The lowest BCUT2D eigenvalue weighted by molar-refractivity contribution is -0.769. The molecular formula is C26H18Br2N2+2. The molecule has 2 nitrogen and oxygen atoms in total. The van der Waals surface area contributed by atoms with Crippen molar-refractivity contribution in [1.82, 2.24) is 0 Å². The molecule has 144 valence electrons. The summed E-state index contributed by atoms with van der Waals surface area (Å²) in [6.45, 7) is 0. The first-order chi connectivity index (χ1) is 14.7. The average molecular weight is 518 g/mol. The van der Waals surface area contributed by atoms with Gasteiger partial charge in [0, 0.05) is 44.3 Å². The minimum Gasteiger partial charge on any atom is -0.193 e. The normalized spacial score (nSPS) is 24.3. The molecule has 6 aliphatic rings. The van der Waals surface area contributed by atoms with Gasteiger partial charge in [-0.3, -0.25) is 0 Å². The molecule has 2 aromatic heterocycles. The Morgan fingerprint density at radius 1 is 0.533 bits per heavy atom. The zero-order valence-corrected chi connectivity index (χ0v) is 19.2. The van der Waals surface area contributed by atoms with Gasteiger partial charge in [0.25, 0.3) is 0 Å². The predicted octanol–water partition coefficient (Wildman–Crippen LogP) is 5.57. The van der Waals surface area contributed by atoms with Crippen molar-refractivity contribution in [2.45, 2.75) is 23.9 Å². The minimum absolute atomic E-state index is 0.225. The Hall–Kier alpha value is -2.30. The summed E-state index contributed by atoms with van der Waals surface area (Å²) in [4.78, 5) is 0. The van der Waals surface area contributed by atoms with Gasteiger partial charge in [-0.2, -0.15) is 9.13 Å². The molecule has 0 amide bonds. The molecule has 0 N–H and O–H groups in total.